The maximum absolute atomic E-state index is 2.40. The Morgan fingerprint density at radius 2 is 1.73 bits per heavy atom. The third kappa shape index (κ3) is 1.40. The molecule has 11 heavy (non-hydrogen) atoms. The Kier molecular flexibility index (Phi) is 2.53. The fourth-order valence-corrected chi connectivity index (χ4v) is 2.18. The number of hydrogen-bond acceptors (Lipinski definition) is 0. The minimum absolute atomic E-state index is 0. The second-order valence-corrected chi connectivity index (χ2v) is 3.52. The summed E-state index contributed by atoms with van der Waals surface area (Å²) in [6.45, 7) is 2.32. The molecule has 0 nitrogen and oxygen atoms in total. The zero-order valence-electron chi connectivity index (χ0n) is 7.16. The second-order valence-electron chi connectivity index (χ2n) is 3.52. The van der Waals surface area contributed by atoms with Crippen molar-refractivity contribution in [3.63, 3.8) is 0 Å². The Bertz CT molecular complexity index is 176. The largest absolute Gasteiger partial charge is 0.0879 e. The van der Waals surface area contributed by atoms with Crippen molar-refractivity contribution in [1.82, 2.24) is 0 Å². The van der Waals surface area contributed by atoms with Crippen molar-refractivity contribution in [1.29, 1.82) is 0 Å². The minimum atomic E-state index is 0. The van der Waals surface area contributed by atoms with Crippen molar-refractivity contribution in [3.05, 3.63) is 31.7 Å². The summed E-state index contributed by atoms with van der Waals surface area (Å²) in [6, 6.07) is 0. The van der Waals surface area contributed by atoms with Crippen LogP contribution in [0.25, 0.3) is 0 Å². The average molecular weight is 148 g/mol. The highest BCUT2D eigenvalue weighted by Crippen LogP contribution is 2.37. The van der Waals surface area contributed by atoms with E-state index >= 15 is 0 Å². The van der Waals surface area contributed by atoms with Gasteiger partial charge >= 0.3 is 0 Å². The summed E-state index contributed by atoms with van der Waals surface area (Å²) in [7, 11) is 0. The first-order valence-electron chi connectivity index (χ1n) is 4.21. The Hall–Kier alpha value is -0.520. The molecule has 0 fully saturated rings. The highest BCUT2D eigenvalue weighted by molar-refractivity contribution is 5.11. The first kappa shape index (κ1) is 8.58. The summed E-state index contributed by atoms with van der Waals surface area (Å²) >= 11 is 0. The van der Waals surface area contributed by atoms with E-state index < -0.39 is 0 Å². The van der Waals surface area contributed by atoms with Gasteiger partial charge in [0.25, 0.3) is 0 Å². The van der Waals surface area contributed by atoms with E-state index in [1.54, 1.807) is 0 Å². The van der Waals surface area contributed by atoms with Crippen molar-refractivity contribution in [2.75, 3.05) is 0 Å². The number of hydrogen-bond donors (Lipinski definition) is 0. The maximum atomic E-state index is 2.40. The zero-order valence-corrected chi connectivity index (χ0v) is 7.16. The van der Waals surface area contributed by atoms with Crippen molar-refractivity contribution < 1.29 is 0 Å². The lowest BCUT2D eigenvalue weighted by atomic mass is 9.79. The van der Waals surface area contributed by atoms with Gasteiger partial charge in [0.2, 0.25) is 0 Å². The van der Waals surface area contributed by atoms with E-state index in [0.717, 1.165) is 17.8 Å². The standard InChI is InChI=1S/C10H14.CH2/c1-8-4-2-5-9-6-3-7-10(8)9;/h2-4,7-10H,5-6H2,1H3;1H2. The molecule has 2 aliphatic carbocycles. The average Bonchev–Trinajstić information content (AvgIpc) is 2.36. The van der Waals surface area contributed by atoms with Crippen LogP contribution in [-0.4, -0.2) is 0 Å². The topological polar surface area (TPSA) is 0 Å². The van der Waals surface area contributed by atoms with Crippen LogP contribution >= 0.6 is 0 Å². The molecule has 0 aliphatic heterocycles. The van der Waals surface area contributed by atoms with E-state index in [2.05, 4.69) is 31.2 Å². The smallest absolute Gasteiger partial charge is 0.0139 e. The Labute approximate surface area is 70.0 Å². The van der Waals surface area contributed by atoms with Gasteiger partial charge in [-0.05, 0) is 30.6 Å². The van der Waals surface area contributed by atoms with Crippen molar-refractivity contribution >= 4 is 0 Å². The summed E-state index contributed by atoms with van der Waals surface area (Å²) in [6.07, 6.45) is 12.1. The molecule has 0 saturated heterocycles. The Morgan fingerprint density at radius 1 is 1.09 bits per heavy atom. The van der Waals surface area contributed by atoms with E-state index in [9.17, 15) is 0 Å². The molecule has 0 aromatic heterocycles. The maximum Gasteiger partial charge on any atom is -0.0139 e. The third-order valence-corrected chi connectivity index (χ3v) is 2.83. The first-order chi connectivity index (χ1) is 4.88. The monoisotopic (exact) mass is 148 g/mol. The summed E-state index contributed by atoms with van der Waals surface area (Å²) < 4.78 is 0. The molecule has 3 atom stereocenters. The molecule has 0 aromatic rings. The van der Waals surface area contributed by atoms with E-state index in [0.29, 0.717) is 0 Å². The Morgan fingerprint density at radius 3 is 2.36 bits per heavy atom. The minimum Gasteiger partial charge on any atom is -0.0879 e. The van der Waals surface area contributed by atoms with Gasteiger partial charge in [-0.2, -0.15) is 0 Å². The third-order valence-electron chi connectivity index (χ3n) is 2.83. The molecule has 3 unspecified atom stereocenters. The molecule has 0 heterocycles. The van der Waals surface area contributed by atoms with Gasteiger partial charge in [-0.25, -0.2) is 0 Å². The molecular weight excluding hydrogens is 132 g/mol. The van der Waals surface area contributed by atoms with Crippen LogP contribution in [0.3, 0.4) is 0 Å². The zero-order chi connectivity index (χ0) is 6.97. The highest BCUT2D eigenvalue weighted by Gasteiger charge is 2.27. The number of fused-ring (bicyclic) bond motifs is 1. The predicted octanol–water partition coefficient (Wildman–Crippen LogP) is 3.10. The van der Waals surface area contributed by atoms with Gasteiger partial charge < -0.3 is 0 Å². The van der Waals surface area contributed by atoms with Gasteiger partial charge in [-0.3, -0.25) is 0 Å². The Balaban J connectivity index is 0.000000605. The van der Waals surface area contributed by atoms with Crippen LogP contribution in [0.4, 0.5) is 0 Å². The normalized spacial score (nSPS) is 39.9. The van der Waals surface area contributed by atoms with Crippen molar-refractivity contribution in [2.45, 2.75) is 19.8 Å². The van der Waals surface area contributed by atoms with E-state index in [1.165, 1.54) is 12.8 Å². The SMILES string of the molecule is CC1C=CCC2CC=CC12.[CH2]. The molecule has 0 N–H and O–H groups in total. The second kappa shape index (κ2) is 3.25. The van der Waals surface area contributed by atoms with Crippen LogP contribution < -0.4 is 0 Å². The van der Waals surface area contributed by atoms with Gasteiger partial charge in [0.15, 0.2) is 0 Å². The number of rotatable bonds is 0. The van der Waals surface area contributed by atoms with E-state index in [-0.39, 0.29) is 7.43 Å². The summed E-state index contributed by atoms with van der Waals surface area (Å²) in [5.74, 6) is 2.60. The summed E-state index contributed by atoms with van der Waals surface area (Å²) in [4.78, 5) is 0. The lowest BCUT2D eigenvalue weighted by Crippen LogP contribution is -2.17. The van der Waals surface area contributed by atoms with Gasteiger partial charge in [0.05, 0.1) is 0 Å². The molecule has 0 saturated carbocycles. The van der Waals surface area contributed by atoms with Gasteiger partial charge in [-0.15, -0.1) is 0 Å². The molecule has 60 valence electrons. The molecule has 0 heteroatoms. The molecule has 0 aromatic carbocycles. The van der Waals surface area contributed by atoms with Crippen molar-refractivity contribution in [3.8, 4) is 0 Å². The van der Waals surface area contributed by atoms with E-state index in [1.807, 2.05) is 0 Å². The van der Waals surface area contributed by atoms with Crippen LogP contribution in [-0.2, 0) is 0 Å². The summed E-state index contributed by atoms with van der Waals surface area (Å²) in [5, 5.41) is 0. The first-order valence-corrected chi connectivity index (χ1v) is 4.21. The molecule has 2 rings (SSSR count). The fraction of sp³-hybridized carbons (Fsp3) is 0.545. The van der Waals surface area contributed by atoms with Gasteiger partial charge in [0, 0.05) is 0 Å². The molecule has 2 radical (unpaired) electrons. The molecular formula is C11H16. The van der Waals surface area contributed by atoms with Gasteiger partial charge in [-0.1, -0.05) is 38.7 Å². The predicted molar refractivity (Wildman–Crippen MR) is 49.0 cm³/mol. The molecule has 2 aliphatic rings. The fourth-order valence-electron chi connectivity index (χ4n) is 2.18. The molecule has 0 bridgehead atoms. The van der Waals surface area contributed by atoms with Crippen molar-refractivity contribution in [2.24, 2.45) is 17.8 Å². The van der Waals surface area contributed by atoms with Crippen LogP contribution in [0.2, 0.25) is 0 Å². The lowest BCUT2D eigenvalue weighted by Gasteiger charge is -2.26. The number of allylic oxidation sites excluding steroid dienone is 4. The van der Waals surface area contributed by atoms with Gasteiger partial charge in [0.1, 0.15) is 0 Å². The summed E-state index contributed by atoms with van der Waals surface area (Å²) in [5.41, 5.74) is 0. The molecule has 0 spiro atoms. The highest BCUT2D eigenvalue weighted by atomic mass is 14.3. The van der Waals surface area contributed by atoms with Crippen LogP contribution in [0, 0.1) is 25.2 Å². The van der Waals surface area contributed by atoms with E-state index in [4.69, 9.17) is 0 Å². The quantitative estimate of drug-likeness (QED) is 0.463. The lowest BCUT2D eigenvalue weighted by molar-refractivity contribution is 0.343. The molecule has 0 amide bonds. The van der Waals surface area contributed by atoms with Crippen LogP contribution in [0.1, 0.15) is 19.8 Å². The van der Waals surface area contributed by atoms with Crippen LogP contribution in [0.15, 0.2) is 24.3 Å². The van der Waals surface area contributed by atoms with Crippen LogP contribution in [0.5, 0.6) is 0 Å².